The van der Waals surface area contributed by atoms with E-state index in [4.69, 9.17) is 5.73 Å². The lowest BCUT2D eigenvalue weighted by Crippen LogP contribution is -2.37. The maximum absolute atomic E-state index is 6.22. The highest BCUT2D eigenvalue weighted by Gasteiger charge is 2.14. The van der Waals surface area contributed by atoms with Gasteiger partial charge in [0.15, 0.2) is 0 Å². The normalized spacial score (nSPS) is 12.8. The van der Waals surface area contributed by atoms with Crippen molar-refractivity contribution in [2.75, 3.05) is 6.54 Å². The molecule has 0 aliphatic carbocycles. The molecule has 21 heavy (non-hydrogen) atoms. The summed E-state index contributed by atoms with van der Waals surface area (Å²) in [6.45, 7) is 5.25. The van der Waals surface area contributed by atoms with Crippen molar-refractivity contribution in [2.24, 2.45) is 11.7 Å². The fourth-order valence-electron chi connectivity index (χ4n) is 2.68. The van der Waals surface area contributed by atoms with Crippen molar-refractivity contribution in [3.63, 3.8) is 0 Å². The number of hydrogen-bond acceptors (Lipinski definition) is 2. The predicted octanol–water partition coefficient (Wildman–Crippen LogP) is 3.74. The van der Waals surface area contributed by atoms with Crippen molar-refractivity contribution >= 4 is 0 Å². The van der Waals surface area contributed by atoms with Crippen LogP contribution < -0.4 is 11.1 Å². The van der Waals surface area contributed by atoms with Gasteiger partial charge in [0.2, 0.25) is 0 Å². The maximum atomic E-state index is 6.22. The van der Waals surface area contributed by atoms with Gasteiger partial charge < -0.3 is 11.1 Å². The fourth-order valence-corrected chi connectivity index (χ4v) is 2.68. The van der Waals surface area contributed by atoms with Gasteiger partial charge in [-0.1, -0.05) is 74.5 Å². The number of nitrogens with one attached hydrogen (secondary N) is 1. The lowest BCUT2D eigenvalue weighted by molar-refractivity contribution is 0.453. The van der Waals surface area contributed by atoms with Crippen molar-refractivity contribution in [3.8, 4) is 0 Å². The van der Waals surface area contributed by atoms with Crippen molar-refractivity contribution in [1.82, 2.24) is 5.32 Å². The van der Waals surface area contributed by atoms with E-state index in [1.807, 2.05) is 0 Å². The van der Waals surface area contributed by atoms with Gasteiger partial charge in [-0.05, 0) is 23.5 Å². The minimum atomic E-state index is 0.194. The summed E-state index contributed by atoms with van der Waals surface area (Å²) in [4.78, 5) is 0. The van der Waals surface area contributed by atoms with E-state index in [1.165, 1.54) is 11.1 Å². The summed E-state index contributed by atoms with van der Waals surface area (Å²) < 4.78 is 0. The van der Waals surface area contributed by atoms with E-state index < -0.39 is 0 Å². The second-order valence-electron chi connectivity index (χ2n) is 6.05. The SMILES string of the molecule is CC(C)CC(N)CNC(c1ccccc1)c1ccccc1. The van der Waals surface area contributed by atoms with Gasteiger partial charge in [0, 0.05) is 12.6 Å². The summed E-state index contributed by atoms with van der Waals surface area (Å²) in [6, 6.07) is 21.5. The molecule has 2 rings (SSSR count). The van der Waals surface area contributed by atoms with E-state index in [1.54, 1.807) is 0 Å². The van der Waals surface area contributed by atoms with Gasteiger partial charge in [0.25, 0.3) is 0 Å². The zero-order chi connectivity index (χ0) is 15.1. The molecule has 112 valence electrons. The summed E-state index contributed by atoms with van der Waals surface area (Å²) in [5, 5.41) is 3.63. The molecule has 1 atom stereocenters. The van der Waals surface area contributed by atoms with Crippen molar-refractivity contribution in [1.29, 1.82) is 0 Å². The molecule has 0 amide bonds. The van der Waals surface area contributed by atoms with Gasteiger partial charge in [-0.3, -0.25) is 0 Å². The van der Waals surface area contributed by atoms with Crippen LogP contribution in [0.1, 0.15) is 37.4 Å². The van der Waals surface area contributed by atoms with Gasteiger partial charge in [-0.15, -0.1) is 0 Å². The van der Waals surface area contributed by atoms with Crippen LogP contribution in [0.5, 0.6) is 0 Å². The second-order valence-corrected chi connectivity index (χ2v) is 6.05. The summed E-state index contributed by atoms with van der Waals surface area (Å²) in [5.41, 5.74) is 8.77. The molecule has 2 aromatic carbocycles. The van der Waals surface area contributed by atoms with E-state index in [0.29, 0.717) is 5.92 Å². The van der Waals surface area contributed by atoms with Crippen molar-refractivity contribution in [3.05, 3.63) is 71.8 Å². The van der Waals surface area contributed by atoms with Gasteiger partial charge in [-0.2, -0.15) is 0 Å². The zero-order valence-corrected chi connectivity index (χ0v) is 13.0. The Balaban J connectivity index is 2.10. The molecular formula is C19H26N2. The van der Waals surface area contributed by atoms with Crippen LogP contribution in [-0.4, -0.2) is 12.6 Å². The van der Waals surface area contributed by atoms with Crippen LogP contribution in [0.25, 0.3) is 0 Å². The third kappa shape index (κ3) is 5.00. The average molecular weight is 282 g/mol. The van der Waals surface area contributed by atoms with E-state index in [9.17, 15) is 0 Å². The lowest BCUT2D eigenvalue weighted by Gasteiger charge is -2.23. The Labute approximate surface area is 128 Å². The highest BCUT2D eigenvalue weighted by molar-refractivity contribution is 5.31. The minimum Gasteiger partial charge on any atom is -0.327 e. The van der Waals surface area contributed by atoms with Crippen molar-refractivity contribution < 1.29 is 0 Å². The van der Waals surface area contributed by atoms with E-state index in [0.717, 1.165) is 13.0 Å². The Morgan fingerprint density at radius 3 is 1.76 bits per heavy atom. The van der Waals surface area contributed by atoms with Crippen LogP contribution in [0.2, 0.25) is 0 Å². The monoisotopic (exact) mass is 282 g/mol. The highest BCUT2D eigenvalue weighted by atomic mass is 14.9. The molecule has 2 heteroatoms. The predicted molar refractivity (Wildman–Crippen MR) is 90.2 cm³/mol. The molecule has 0 aliphatic heterocycles. The van der Waals surface area contributed by atoms with Crippen LogP contribution in [-0.2, 0) is 0 Å². The van der Waals surface area contributed by atoms with Gasteiger partial charge >= 0.3 is 0 Å². The van der Waals surface area contributed by atoms with Crippen LogP contribution >= 0.6 is 0 Å². The van der Waals surface area contributed by atoms with Crippen LogP contribution in [0.3, 0.4) is 0 Å². The molecule has 0 saturated heterocycles. The molecule has 2 aromatic rings. The van der Waals surface area contributed by atoms with Gasteiger partial charge in [0.1, 0.15) is 0 Å². The number of benzene rings is 2. The Morgan fingerprint density at radius 1 is 0.857 bits per heavy atom. The first kappa shape index (κ1) is 15.7. The smallest absolute Gasteiger partial charge is 0.0577 e. The topological polar surface area (TPSA) is 38.0 Å². The first-order valence-corrected chi connectivity index (χ1v) is 7.75. The molecule has 0 heterocycles. The summed E-state index contributed by atoms with van der Waals surface area (Å²) in [6.07, 6.45) is 1.04. The molecule has 0 fully saturated rings. The van der Waals surface area contributed by atoms with Gasteiger partial charge in [-0.25, -0.2) is 0 Å². The molecular weight excluding hydrogens is 256 g/mol. The molecule has 1 unspecified atom stereocenters. The van der Waals surface area contributed by atoms with Crippen molar-refractivity contribution in [2.45, 2.75) is 32.4 Å². The molecule has 0 spiro atoms. The Kier molecular flexibility index (Phi) is 5.97. The van der Waals surface area contributed by atoms with Crippen LogP contribution in [0.4, 0.5) is 0 Å². The second kappa shape index (κ2) is 7.96. The van der Waals surface area contributed by atoms with Gasteiger partial charge in [0.05, 0.1) is 6.04 Å². The summed E-state index contributed by atoms with van der Waals surface area (Å²) in [5.74, 6) is 0.633. The molecule has 3 N–H and O–H groups in total. The van der Waals surface area contributed by atoms with Crippen LogP contribution in [0, 0.1) is 5.92 Å². The summed E-state index contributed by atoms with van der Waals surface area (Å²) in [7, 11) is 0. The van der Waals surface area contributed by atoms with E-state index in [-0.39, 0.29) is 12.1 Å². The molecule has 2 nitrogen and oxygen atoms in total. The van der Waals surface area contributed by atoms with Crippen LogP contribution in [0.15, 0.2) is 60.7 Å². The van der Waals surface area contributed by atoms with E-state index >= 15 is 0 Å². The molecule has 0 radical (unpaired) electrons. The third-order valence-corrected chi connectivity index (χ3v) is 3.62. The number of hydrogen-bond donors (Lipinski definition) is 2. The fraction of sp³-hybridized carbons (Fsp3) is 0.368. The average Bonchev–Trinajstić information content (AvgIpc) is 2.49. The van der Waals surface area contributed by atoms with E-state index in [2.05, 4.69) is 79.8 Å². The quantitative estimate of drug-likeness (QED) is 0.812. The number of nitrogens with two attached hydrogens (primary N) is 1. The molecule has 0 aliphatic rings. The standard InChI is InChI=1S/C19H26N2/c1-15(2)13-18(20)14-21-19(16-9-5-3-6-10-16)17-11-7-4-8-12-17/h3-12,15,18-19,21H,13-14,20H2,1-2H3. The Morgan fingerprint density at radius 2 is 1.33 bits per heavy atom. The molecule has 0 aromatic heterocycles. The molecule has 0 bridgehead atoms. The molecule has 0 saturated carbocycles. The Hall–Kier alpha value is -1.64. The summed E-state index contributed by atoms with van der Waals surface area (Å²) >= 11 is 0. The highest BCUT2D eigenvalue weighted by Crippen LogP contribution is 2.21. The Bertz CT molecular complexity index is 468. The zero-order valence-electron chi connectivity index (χ0n) is 13.0. The minimum absolute atomic E-state index is 0.194. The third-order valence-electron chi connectivity index (χ3n) is 3.62. The largest absolute Gasteiger partial charge is 0.327 e. The lowest BCUT2D eigenvalue weighted by atomic mass is 9.97. The number of rotatable bonds is 7. The first-order chi connectivity index (χ1) is 10.2. The first-order valence-electron chi connectivity index (χ1n) is 7.75. The maximum Gasteiger partial charge on any atom is 0.0577 e.